The summed E-state index contributed by atoms with van der Waals surface area (Å²) in [5, 5.41) is 2.99. The van der Waals surface area contributed by atoms with E-state index in [1.165, 1.54) is 0 Å². The van der Waals surface area contributed by atoms with Crippen LogP contribution in [0.1, 0.15) is 46.1 Å². The second-order valence-corrected chi connectivity index (χ2v) is 7.46. The first-order chi connectivity index (χ1) is 11.8. The highest BCUT2D eigenvalue weighted by Gasteiger charge is 2.62. The number of benzene rings is 1. The van der Waals surface area contributed by atoms with E-state index in [-0.39, 0.29) is 23.5 Å². The summed E-state index contributed by atoms with van der Waals surface area (Å²) in [4.78, 5) is 12.7. The zero-order chi connectivity index (χ0) is 18.7. The van der Waals surface area contributed by atoms with Crippen molar-refractivity contribution >= 4 is 5.91 Å². The average Bonchev–Trinajstić information content (AvgIpc) is 2.59. The summed E-state index contributed by atoms with van der Waals surface area (Å²) in [6.45, 7) is 11.1. The fraction of sp³-hybridized carbons (Fsp3) is 0.650. The van der Waals surface area contributed by atoms with Crippen molar-refractivity contribution in [1.82, 2.24) is 5.32 Å². The molecule has 3 unspecified atom stereocenters. The van der Waals surface area contributed by atoms with Crippen molar-refractivity contribution in [2.24, 2.45) is 11.1 Å². The molecule has 1 saturated carbocycles. The minimum atomic E-state index is -0.895. The van der Waals surface area contributed by atoms with Crippen LogP contribution in [0, 0.1) is 12.3 Å². The Morgan fingerprint density at radius 1 is 1.36 bits per heavy atom. The van der Waals surface area contributed by atoms with E-state index in [0.29, 0.717) is 19.6 Å². The molecule has 0 bridgehead atoms. The highest BCUT2D eigenvalue weighted by molar-refractivity contribution is 5.88. The number of nitrogens with two attached hydrogens (primary N) is 1. The van der Waals surface area contributed by atoms with Gasteiger partial charge in [0.25, 0.3) is 0 Å². The average molecular weight is 348 g/mol. The molecule has 5 heteroatoms. The first kappa shape index (κ1) is 19.7. The molecule has 3 N–H and O–H groups in total. The van der Waals surface area contributed by atoms with Crippen LogP contribution in [0.25, 0.3) is 0 Å². The van der Waals surface area contributed by atoms with Crippen molar-refractivity contribution in [3.63, 3.8) is 0 Å². The standard InChI is InChI=1S/C20H32N2O3/c1-6-15(25-16-11-9-8-10-14(16)3)13-22-18(23)20(21)12-17(24-7-2)19(20,4)5/h8-11,15,17H,6-7,12-13,21H2,1-5H3,(H,22,23). The SMILES string of the molecule is CCOC1CC(N)(C(=O)NCC(CC)Oc2ccccc2C)C1(C)C. The molecule has 1 aromatic carbocycles. The van der Waals surface area contributed by atoms with E-state index in [0.717, 1.165) is 17.7 Å². The third-order valence-electron chi connectivity index (χ3n) is 5.57. The zero-order valence-corrected chi connectivity index (χ0v) is 16.1. The van der Waals surface area contributed by atoms with Crippen LogP contribution in [-0.4, -0.2) is 36.8 Å². The van der Waals surface area contributed by atoms with Crippen LogP contribution in [-0.2, 0) is 9.53 Å². The Hall–Kier alpha value is -1.59. The zero-order valence-electron chi connectivity index (χ0n) is 16.1. The summed E-state index contributed by atoms with van der Waals surface area (Å²) >= 11 is 0. The molecule has 0 radical (unpaired) electrons. The smallest absolute Gasteiger partial charge is 0.240 e. The van der Waals surface area contributed by atoms with Crippen molar-refractivity contribution in [2.75, 3.05) is 13.2 Å². The van der Waals surface area contributed by atoms with E-state index in [4.69, 9.17) is 15.2 Å². The fourth-order valence-corrected chi connectivity index (χ4v) is 3.32. The molecule has 25 heavy (non-hydrogen) atoms. The quantitative estimate of drug-likeness (QED) is 0.758. The number of hydrogen-bond acceptors (Lipinski definition) is 4. The molecule has 1 amide bonds. The van der Waals surface area contributed by atoms with Crippen molar-refractivity contribution in [3.05, 3.63) is 29.8 Å². The fourth-order valence-electron chi connectivity index (χ4n) is 3.32. The molecular formula is C20H32N2O3. The number of rotatable bonds is 8. The number of carbonyl (C=O) groups excluding carboxylic acids is 1. The molecule has 0 aliphatic heterocycles. The van der Waals surface area contributed by atoms with E-state index in [1.807, 2.05) is 58.9 Å². The van der Waals surface area contributed by atoms with Gasteiger partial charge in [-0.15, -0.1) is 0 Å². The number of para-hydroxylation sites is 1. The molecule has 1 aromatic rings. The van der Waals surface area contributed by atoms with Gasteiger partial charge in [-0.05, 0) is 31.9 Å². The Bertz CT molecular complexity index is 602. The summed E-state index contributed by atoms with van der Waals surface area (Å²) in [5.41, 5.74) is 6.22. The lowest BCUT2D eigenvalue weighted by Gasteiger charge is -2.57. The summed E-state index contributed by atoms with van der Waals surface area (Å²) in [6, 6.07) is 7.90. The Labute approximate surface area is 151 Å². The molecule has 5 nitrogen and oxygen atoms in total. The maximum Gasteiger partial charge on any atom is 0.240 e. The van der Waals surface area contributed by atoms with Crippen LogP contribution >= 0.6 is 0 Å². The second-order valence-electron chi connectivity index (χ2n) is 7.46. The molecule has 1 fully saturated rings. The molecule has 0 aromatic heterocycles. The van der Waals surface area contributed by atoms with Crippen LogP contribution < -0.4 is 15.8 Å². The number of hydrogen-bond donors (Lipinski definition) is 2. The van der Waals surface area contributed by atoms with Gasteiger partial charge in [0.1, 0.15) is 17.4 Å². The third-order valence-corrected chi connectivity index (χ3v) is 5.57. The van der Waals surface area contributed by atoms with E-state index in [1.54, 1.807) is 0 Å². The van der Waals surface area contributed by atoms with Crippen LogP contribution in [0.4, 0.5) is 0 Å². The van der Waals surface area contributed by atoms with Gasteiger partial charge in [0.15, 0.2) is 0 Å². The lowest BCUT2D eigenvalue weighted by Crippen LogP contribution is -2.76. The Morgan fingerprint density at radius 2 is 2.04 bits per heavy atom. The van der Waals surface area contributed by atoms with Crippen molar-refractivity contribution in [2.45, 2.75) is 65.2 Å². The molecule has 1 aliphatic rings. The van der Waals surface area contributed by atoms with Crippen LogP contribution in [0.3, 0.4) is 0 Å². The van der Waals surface area contributed by atoms with Gasteiger partial charge < -0.3 is 20.5 Å². The van der Waals surface area contributed by atoms with Crippen LogP contribution in [0.15, 0.2) is 24.3 Å². The van der Waals surface area contributed by atoms with E-state index < -0.39 is 5.54 Å². The molecule has 3 atom stereocenters. The lowest BCUT2D eigenvalue weighted by molar-refractivity contribution is -0.170. The number of ether oxygens (including phenoxy) is 2. The Kier molecular flexibility index (Phi) is 6.12. The van der Waals surface area contributed by atoms with Gasteiger partial charge in [0.05, 0.1) is 12.6 Å². The Morgan fingerprint density at radius 3 is 2.60 bits per heavy atom. The van der Waals surface area contributed by atoms with Crippen molar-refractivity contribution in [1.29, 1.82) is 0 Å². The first-order valence-corrected chi connectivity index (χ1v) is 9.17. The molecule has 140 valence electrons. The largest absolute Gasteiger partial charge is 0.488 e. The highest BCUT2D eigenvalue weighted by atomic mass is 16.5. The van der Waals surface area contributed by atoms with Gasteiger partial charge in [-0.25, -0.2) is 0 Å². The minimum absolute atomic E-state index is 0.0263. The number of carbonyl (C=O) groups is 1. The summed E-state index contributed by atoms with van der Waals surface area (Å²) < 4.78 is 11.7. The monoisotopic (exact) mass is 348 g/mol. The third kappa shape index (κ3) is 3.82. The van der Waals surface area contributed by atoms with Gasteiger partial charge in [0, 0.05) is 18.4 Å². The minimum Gasteiger partial charge on any atom is -0.488 e. The normalized spacial score (nSPS) is 25.8. The predicted octanol–water partition coefficient (Wildman–Crippen LogP) is 2.80. The van der Waals surface area contributed by atoms with Crippen molar-refractivity contribution in [3.8, 4) is 5.75 Å². The van der Waals surface area contributed by atoms with Gasteiger partial charge in [-0.2, -0.15) is 0 Å². The molecule has 0 heterocycles. The molecule has 0 saturated heterocycles. The summed E-state index contributed by atoms with van der Waals surface area (Å²) in [6.07, 6.45) is 1.30. The number of amides is 1. The first-order valence-electron chi connectivity index (χ1n) is 9.17. The maximum absolute atomic E-state index is 12.7. The van der Waals surface area contributed by atoms with E-state index in [2.05, 4.69) is 5.32 Å². The van der Waals surface area contributed by atoms with Gasteiger partial charge in [-0.1, -0.05) is 39.0 Å². The van der Waals surface area contributed by atoms with Crippen LogP contribution in [0.5, 0.6) is 5.75 Å². The maximum atomic E-state index is 12.7. The number of aryl methyl sites for hydroxylation is 1. The molecule has 1 aliphatic carbocycles. The molecule has 0 spiro atoms. The predicted molar refractivity (Wildman–Crippen MR) is 99.6 cm³/mol. The van der Waals surface area contributed by atoms with Gasteiger partial charge in [-0.3, -0.25) is 4.79 Å². The van der Waals surface area contributed by atoms with Crippen LogP contribution in [0.2, 0.25) is 0 Å². The van der Waals surface area contributed by atoms with Crippen molar-refractivity contribution < 1.29 is 14.3 Å². The summed E-state index contributed by atoms with van der Waals surface area (Å²) in [7, 11) is 0. The lowest BCUT2D eigenvalue weighted by atomic mass is 9.54. The molecular weight excluding hydrogens is 316 g/mol. The topological polar surface area (TPSA) is 73.6 Å². The molecule has 2 rings (SSSR count). The summed E-state index contributed by atoms with van der Waals surface area (Å²) in [5.74, 6) is 0.728. The van der Waals surface area contributed by atoms with Gasteiger partial charge >= 0.3 is 0 Å². The number of nitrogens with one attached hydrogen (secondary N) is 1. The van der Waals surface area contributed by atoms with E-state index >= 15 is 0 Å². The second kappa shape index (κ2) is 7.75. The highest BCUT2D eigenvalue weighted by Crippen LogP contribution is 2.49. The van der Waals surface area contributed by atoms with E-state index in [9.17, 15) is 4.79 Å². The van der Waals surface area contributed by atoms with Gasteiger partial charge in [0.2, 0.25) is 5.91 Å². The Balaban J connectivity index is 1.93.